The van der Waals surface area contributed by atoms with Crippen LogP contribution in [-0.2, 0) is 11.3 Å². The zero-order valence-corrected chi connectivity index (χ0v) is 17.6. The van der Waals surface area contributed by atoms with Crippen molar-refractivity contribution in [2.45, 2.75) is 25.4 Å². The molecule has 2 heterocycles. The van der Waals surface area contributed by atoms with E-state index in [1.54, 1.807) is 25.6 Å². The fourth-order valence-corrected chi connectivity index (χ4v) is 5.08. The van der Waals surface area contributed by atoms with E-state index < -0.39 is 0 Å². The topological polar surface area (TPSA) is 64.9 Å². The van der Waals surface area contributed by atoms with E-state index in [0.29, 0.717) is 30.6 Å². The Morgan fingerprint density at radius 2 is 2.03 bits per heavy atom. The fourth-order valence-electron chi connectivity index (χ4n) is 3.92. The van der Waals surface area contributed by atoms with Crippen molar-refractivity contribution in [1.82, 2.24) is 10.3 Å². The molecule has 1 aliphatic heterocycles. The first-order valence-electron chi connectivity index (χ1n) is 9.85. The lowest BCUT2D eigenvalue weighted by atomic mass is 10.2. The number of ether oxygens (including phenoxy) is 2. The molecule has 1 saturated heterocycles. The van der Waals surface area contributed by atoms with E-state index in [2.05, 4.69) is 17.4 Å². The smallest absolute Gasteiger partial charge is 0.275 e. The maximum absolute atomic E-state index is 12.6. The molecule has 2 N–H and O–H groups in total. The standard InChI is InChI=1S/C22H25N3O3S/c1-27-18-10-9-15(12-19(18)28-2)13-23-21(26)14-25-11-5-7-17(25)22-24-16-6-3-4-8-20(16)29-22/h3-4,6,8-10,12,17H,5,7,11,13-14H2,1-2H3,(H,23,26)/p+1/t17-/m0/s1. The van der Waals surface area contributed by atoms with Crippen molar-refractivity contribution in [3.05, 3.63) is 53.0 Å². The molecule has 0 bridgehead atoms. The van der Waals surface area contributed by atoms with Gasteiger partial charge < -0.3 is 19.7 Å². The maximum Gasteiger partial charge on any atom is 0.275 e. The number of rotatable bonds is 7. The Morgan fingerprint density at radius 3 is 2.83 bits per heavy atom. The Morgan fingerprint density at radius 1 is 1.21 bits per heavy atom. The van der Waals surface area contributed by atoms with E-state index in [0.717, 1.165) is 35.5 Å². The molecule has 7 heteroatoms. The number of fused-ring (bicyclic) bond motifs is 1. The van der Waals surface area contributed by atoms with Gasteiger partial charge in [0.1, 0.15) is 6.04 Å². The molecule has 152 valence electrons. The summed E-state index contributed by atoms with van der Waals surface area (Å²) in [5, 5.41) is 4.18. The highest BCUT2D eigenvalue weighted by molar-refractivity contribution is 7.18. The molecule has 1 aliphatic rings. The molecule has 4 rings (SSSR count). The molecule has 0 radical (unpaired) electrons. The first-order chi connectivity index (χ1) is 14.2. The number of hydrogen-bond donors (Lipinski definition) is 2. The van der Waals surface area contributed by atoms with Crippen LogP contribution in [0.25, 0.3) is 10.2 Å². The largest absolute Gasteiger partial charge is 0.493 e. The van der Waals surface area contributed by atoms with Crippen LogP contribution < -0.4 is 19.7 Å². The van der Waals surface area contributed by atoms with Crippen LogP contribution in [0.3, 0.4) is 0 Å². The lowest BCUT2D eigenvalue weighted by molar-refractivity contribution is -0.910. The third-order valence-electron chi connectivity index (χ3n) is 5.42. The van der Waals surface area contributed by atoms with Gasteiger partial charge in [-0.15, -0.1) is 11.3 Å². The summed E-state index contributed by atoms with van der Waals surface area (Å²) in [6.07, 6.45) is 2.21. The van der Waals surface area contributed by atoms with Gasteiger partial charge in [0.05, 0.1) is 31.0 Å². The molecule has 1 unspecified atom stereocenters. The fraction of sp³-hybridized carbons (Fsp3) is 0.364. The van der Waals surface area contributed by atoms with Crippen LogP contribution in [0.1, 0.15) is 29.5 Å². The third kappa shape index (κ3) is 4.36. The highest BCUT2D eigenvalue weighted by Crippen LogP contribution is 2.29. The van der Waals surface area contributed by atoms with Crippen LogP contribution in [0.2, 0.25) is 0 Å². The number of nitrogens with one attached hydrogen (secondary N) is 2. The molecule has 2 atom stereocenters. The molecule has 0 saturated carbocycles. The van der Waals surface area contributed by atoms with E-state index in [1.165, 1.54) is 9.60 Å². The molecule has 3 aromatic rings. The van der Waals surface area contributed by atoms with Crippen molar-refractivity contribution in [3.63, 3.8) is 0 Å². The molecule has 1 aromatic heterocycles. The molecule has 2 aromatic carbocycles. The van der Waals surface area contributed by atoms with Gasteiger partial charge in [-0.25, -0.2) is 4.98 Å². The quantitative estimate of drug-likeness (QED) is 0.625. The summed E-state index contributed by atoms with van der Waals surface area (Å²) < 4.78 is 11.8. The number of quaternary nitrogens is 1. The van der Waals surface area contributed by atoms with E-state index in [4.69, 9.17) is 14.5 Å². The Hall–Kier alpha value is -2.64. The SMILES string of the molecule is COc1ccc(CNC(=O)C[NH+]2CCC[C@H]2c2nc3ccccc3s2)cc1OC. The normalized spacial score (nSPS) is 18.7. The Kier molecular flexibility index (Phi) is 5.97. The Balaban J connectivity index is 1.37. The van der Waals surface area contributed by atoms with E-state index in [1.807, 2.05) is 30.3 Å². The van der Waals surface area contributed by atoms with Gasteiger partial charge >= 0.3 is 0 Å². The van der Waals surface area contributed by atoms with Crippen LogP contribution in [0, 0.1) is 0 Å². The minimum Gasteiger partial charge on any atom is -0.493 e. The van der Waals surface area contributed by atoms with Gasteiger partial charge in [0, 0.05) is 19.4 Å². The average molecular weight is 413 g/mol. The molecule has 0 spiro atoms. The highest BCUT2D eigenvalue weighted by Gasteiger charge is 2.33. The van der Waals surface area contributed by atoms with Crippen LogP contribution in [0.5, 0.6) is 11.5 Å². The second kappa shape index (κ2) is 8.80. The van der Waals surface area contributed by atoms with Crippen molar-refractivity contribution < 1.29 is 19.2 Å². The molecule has 29 heavy (non-hydrogen) atoms. The van der Waals surface area contributed by atoms with Gasteiger partial charge in [0.2, 0.25) is 0 Å². The van der Waals surface area contributed by atoms with Gasteiger partial charge in [0.25, 0.3) is 5.91 Å². The van der Waals surface area contributed by atoms with Crippen molar-refractivity contribution in [3.8, 4) is 11.5 Å². The molecule has 6 nitrogen and oxygen atoms in total. The average Bonchev–Trinajstić information content (AvgIpc) is 3.38. The van der Waals surface area contributed by atoms with Gasteiger partial charge in [-0.2, -0.15) is 0 Å². The van der Waals surface area contributed by atoms with Crippen LogP contribution >= 0.6 is 11.3 Å². The van der Waals surface area contributed by atoms with Crippen molar-refractivity contribution in [2.75, 3.05) is 27.3 Å². The number of amides is 1. The summed E-state index contributed by atoms with van der Waals surface area (Å²) in [5.41, 5.74) is 2.03. The summed E-state index contributed by atoms with van der Waals surface area (Å²) in [4.78, 5) is 18.7. The number of nitrogens with zero attached hydrogens (tertiary/aromatic N) is 1. The Labute approximate surface area is 174 Å². The van der Waals surface area contributed by atoms with E-state index in [9.17, 15) is 4.79 Å². The summed E-state index contributed by atoms with van der Waals surface area (Å²) in [6.45, 7) is 1.94. The first-order valence-corrected chi connectivity index (χ1v) is 10.7. The zero-order chi connectivity index (χ0) is 20.2. The van der Waals surface area contributed by atoms with E-state index in [-0.39, 0.29) is 5.91 Å². The monoisotopic (exact) mass is 412 g/mol. The maximum atomic E-state index is 12.6. The Bertz CT molecular complexity index is 971. The molecule has 0 aliphatic carbocycles. The second-order valence-electron chi connectivity index (χ2n) is 7.27. The molecule has 1 amide bonds. The van der Waals surface area contributed by atoms with Crippen LogP contribution in [-0.4, -0.2) is 38.2 Å². The van der Waals surface area contributed by atoms with Gasteiger partial charge in [-0.3, -0.25) is 4.79 Å². The predicted molar refractivity (Wildman–Crippen MR) is 114 cm³/mol. The second-order valence-corrected chi connectivity index (χ2v) is 8.33. The number of benzene rings is 2. The van der Waals surface area contributed by atoms with Gasteiger partial charge in [-0.1, -0.05) is 18.2 Å². The van der Waals surface area contributed by atoms with Gasteiger partial charge in [-0.05, 0) is 29.8 Å². The minimum absolute atomic E-state index is 0.0581. The van der Waals surface area contributed by atoms with Crippen molar-refractivity contribution in [2.24, 2.45) is 0 Å². The zero-order valence-electron chi connectivity index (χ0n) is 16.7. The third-order valence-corrected chi connectivity index (χ3v) is 6.57. The number of likely N-dealkylation sites (tertiary alicyclic amines) is 1. The number of para-hydroxylation sites is 1. The summed E-state index contributed by atoms with van der Waals surface area (Å²) in [7, 11) is 3.22. The first kappa shape index (κ1) is 19.7. The summed E-state index contributed by atoms with van der Waals surface area (Å²) >= 11 is 1.75. The van der Waals surface area contributed by atoms with Crippen LogP contribution in [0.4, 0.5) is 0 Å². The number of methoxy groups -OCH3 is 2. The molecule has 1 fully saturated rings. The molecular weight excluding hydrogens is 386 g/mol. The number of thiazole rings is 1. The number of hydrogen-bond acceptors (Lipinski definition) is 5. The van der Waals surface area contributed by atoms with Crippen LogP contribution in [0.15, 0.2) is 42.5 Å². The van der Waals surface area contributed by atoms with E-state index >= 15 is 0 Å². The number of aromatic nitrogens is 1. The number of carbonyl (C=O) groups is 1. The van der Waals surface area contributed by atoms with Crippen molar-refractivity contribution >= 4 is 27.5 Å². The lowest BCUT2D eigenvalue weighted by Gasteiger charge is -2.19. The van der Waals surface area contributed by atoms with Crippen molar-refractivity contribution in [1.29, 1.82) is 0 Å². The number of carbonyl (C=O) groups excluding carboxylic acids is 1. The minimum atomic E-state index is 0.0581. The predicted octanol–water partition coefficient (Wildman–Crippen LogP) is 2.35. The van der Waals surface area contributed by atoms with Gasteiger partial charge in [0.15, 0.2) is 23.1 Å². The highest BCUT2D eigenvalue weighted by atomic mass is 32.1. The summed E-state index contributed by atoms with van der Waals surface area (Å²) in [6, 6.07) is 14.2. The summed E-state index contributed by atoms with van der Waals surface area (Å²) in [5.74, 6) is 1.41. The molecular formula is C22H26N3O3S+. The lowest BCUT2D eigenvalue weighted by Crippen LogP contribution is -3.11.